The first-order chi connectivity index (χ1) is 7.25. The highest BCUT2D eigenvalue weighted by Crippen LogP contribution is 2.24. The van der Waals surface area contributed by atoms with Crippen LogP contribution >= 0.6 is 11.8 Å². The average Bonchev–Trinajstić information content (AvgIpc) is 2.73. The maximum atomic E-state index is 5.79. The van der Waals surface area contributed by atoms with E-state index in [1.165, 1.54) is 35.6 Å². The van der Waals surface area contributed by atoms with Crippen molar-refractivity contribution in [2.45, 2.75) is 30.7 Å². The Morgan fingerprint density at radius 1 is 1.53 bits per heavy atom. The maximum absolute atomic E-state index is 5.79. The van der Waals surface area contributed by atoms with Crippen molar-refractivity contribution >= 4 is 17.4 Å². The van der Waals surface area contributed by atoms with E-state index in [9.17, 15) is 0 Å². The van der Waals surface area contributed by atoms with Crippen molar-refractivity contribution in [3.8, 4) is 0 Å². The fraction of sp³-hybridized carbons (Fsp3) is 0.500. The van der Waals surface area contributed by atoms with Crippen LogP contribution in [0.5, 0.6) is 0 Å². The van der Waals surface area contributed by atoms with Gasteiger partial charge in [0.15, 0.2) is 0 Å². The van der Waals surface area contributed by atoms with Crippen LogP contribution in [0.15, 0.2) is 23.1 Å². The Hall–Kier alpha value is -0.670. The van der Waals surface area contributed by atoms with Crippen LogP contribution in [0.4, 0.5) is 5.69 Å². The van der Waals surface area contributed by atoms with Gasteiger partial charge in [0.2, 0.25) is 0 Å². The third-order valence-corrected chi connectivity index (χ3v) is 4.01. The number of rotatable bonds is 3. The van der Waals surface area contributed by atoms with E-state index in [0.29, 0.717) is 6.04 Å². The van der Waals surface area contributed by atoms with Gasteiger partial charge >= 0.3 is 0 Å². The predicted octanol–water partition coefficient (Wildman–Crippen LogP) is 2.42. The zero-order valence-electron chi connectivity index (χ0n) is 9.12. The summed E-state index contributed by atoms with van der Waals surface area (Å²) in [5.74, 6) is 1.17. The molecule has 1 aromatic rings. The summed E-state index contributed by atoms with van der Waals surface area (Å²) in [7, 11) is 0. The molecule has 1 atom stereocenters. The van der Waals surface area contributed by atoms with E-state index < -0.39 is 0 Å². The Morgan fingerprint density at radius 3 is 3.07 bits per heavy atom. The molecule has 82 valence electrons. The first-order valence-electron chi connectivity index (χ1n) is 5.48. The molecule has 1 saturated heterocycles. The lowest BCUT2D eigenvalue weighted by atomic mass is 10.2. The molecular formula is C12H18N2S. The summed E-state index contributed by atoms with van der Waals surface area (Å²) in [6.07, 6.45) is 2.65. The summed E-state index contributed by atoms with van der Waals surface area (Å²) in [6.45, 7) is 3.25. The summed E-state index contributed by atoms with van der Waals surface area (Å²) in [5.41, 5.74) is 7.85. The Labute approximate surface area is 95.6 Å². The van der Waals surface area contributed by atoms with Gasteiger partial charge in [0, 0.05) is 22.4 Å². The van der Waals surface area contributed by atoms with Crippen LogP contribution in [0.25, 0.3) is 0 Å². The molecule has 1 fully saturated rings. The smallest absolute Gasteiger partial charge is 0.0344 e. The number of hydrogen-bond acceptors (Lipinski definition) is 3. The maximum Gasteiger partial charge on any atom is 0.0344 e. The molecule has 0 aliphatic carbocycles. The predicted molar refractivity (Wildman–Crippen MR) is 67.3 cm³/mol. The molecule has 3 heteroatoms. The summed E-state index contributed by atoms with van der Waals surface area (Å²) in [5, 5.41) is 3.51. The van der Waals surface area contributed by atoms with E-state index in [2.05, 4.69) is 24.4 Å². The SMILES string of the molecule is Cc1cc(SC[C@H]2CCCN2)ccc1N. The van der Waals surface area contributed by atoms with Gasteiger partial charge < -0.3 is 11.1 Å². The lowest BCUT2D eigenvalue weighted by molar-refractivity contribution is 0.674. The number of nitrogens with one attached hydrogen (secondary N) is 1. The molecule has 0 bridgehead atoms. The lowest BCUT2D eigenvalue weighted by Gasteiger charge is -2.10. The van der Waals surface area contributed by atoms with Gasteiger partial charge in [-0.05, 0) is 50.1 Å². The fourth-order valence-electron chi connectivity index (χ4n) is 1.83. The summed E-state index contributed by atoms with van der Waals surface area (Å²) < 4.78 is 0. The van der Waals surface area contributed by atoms with Gasteiger partial charge in [-0.15, -0.1) is 11.8 Å². The van der Waals surface area contributed by atoms with Gasteiger partial charge in [-0.25, -0.2) is 0 Å². The van der Waals surface area contributed by atoms with Crippen molar-refractivity contribution in [3.63, 3.8) is 0 Å². The average molecular weight is 222 g/mol. The van der Waals surface area contributed by atoms with Crippen LogP contribution in [-0.4, -0.2) is 18.3 Å². The van der Waals surface area contributed by atoms with E-state index in [0.717, 1.165) is 5.69 Å². The molecule has 0 spiro atoms. The second-order valence-corrected chi connectivity index (χ2v) is 5.22. The van der Waals surface area contributed by atoms with E-state index >= 15 is 0 Å². The van der Waals surface area contributed by atoms with Crippen LogP contribution < -0.4 is 11.1 Å². The third kappa shape index (κ3) is 2.89. The highest BCUT2D eigenvalue weighted by atomic mass is 32.2. The minimum absolute atomic E-state index is 0.702. The number of anilines is 1. The molecule has 1 aliphatic rings. The monoisotopic (exact) mass is 222 g/mol. The molecule has 2 nitrogen and oxygen atoms in total. The van der Waals surface area contributed by atoms with Crippen LogP contribution in [0, 0.1) is 6.92 Å². The molecule has 0 aromatic heterocycles. The molecule has 3 N–H and O–H groups in total. The van der Waals surface area contributed by atoms with Gasteiger partial charge in [-0.1, -0.05) is 0 Å². The van der Waals surface area contributed by atoms with Crippen LogP contribution in [0.3, 0.4) is 0 Å². The Kier molecular flexibility index (Phi) is 3.54. The van der Waals surface area contributed by atoms with Gasteiger partial charge in [0.25, 0.3) is 0 Å². The zero-order chi connectivity index (χ0) is 10.7. The summed E-state index contributed by atoms with van der Waals surface area (Å²) >= 11 is 1.92. The molecule has 1 heterocycles. The van der Waals surface area contributed by atoms with Gasteiger partial charge in [0.1, 0.15) is 0 Å². The first-order valence-corrected chi connectivity index (χ1v) is 6.46. The van der Waals surface area contributed by atoms with Gasteiger partial charge in [-0.3, -0.25) is 0 Å². The highest BCUT2D eigenvalue weighted by molar-refractivity contribution is 7.99. The molecule has 2 rings (SSSR count). The normalized spacial score (nSPS) is 20.7. The highest BCUT2D eigenvalue weighted by Gasteiger charge is 2.13. The Morgan fingerprint density at radius 2 is 2.40 bits per heavy atom. The fourth-order valence-corrected chi connectivity index (χ4v) is 2.94. The van der Waals surface area contributed by atoms with E-state index in [1.54, 1.807) is 0 Å². The summed E-state index contributed by atoms with van der Waals surface area (Å²) in [6, 6.07) is 6.99. The van der Waals surface area contributed by atoms with E-state index in [1.807, 2.05) is 17.8 Å². The summed E-state index contributed by atoms with van der Waals surface area (Å²) in [4.78, 5) is 1.33. The van der Waals surface area contributed by atoms with Gasteiger partial charge in [0.05, 0.1) is 0 Å². The number of thioether (sulfide) groups is 1. The Bertz CT molecular complexity index is 332. The molecule has 0 amide bonds. The van der Waals surface area contributed by atoms with Crippen molar-refractivity contribution in [1.29, 1.82) is 0 Å². The topological polar surface area (TPSA) is 38.0 Å². The number of nitrogens with two attached hydrogens (primary N) is 1. The first kappa shape index (κ1) is 10.8. The van der Waals surface area contributed by atoms with E-state index in [-0.39, 0.29) is 0 Å². The molecule has 1 aliphatic heterocycles. The van der Waals surface area contributed by atoms with Crippen LogP contribution in [-0.2, 0) is 0 Å². The van der Waals surface area contributed by atoms with Gasteiger partial charge in [-0.2, -0.15) is 0 Å². The van der Waals surface area contributed by atoms with Crippen molar-refractivity contribution in [2.75, 3.05) is 18.0 Å². The van der Waals surface area contributed by atoms with E-state index in [4.69, 9.17) is 5.73 Å². The largest absolute Gasteiger partial charge is 0.399 e. The molecule has 0 saturated carbocycles. The van der Waals surface area contributed by atoms with Crippen molar-refractivity contribution < 1.29 is 0 Å². The van der Waals surface area contributed by atoms with Crippen LogP contribution in [0.1, 0.15) is 18.4 Å². The quantitative estimate of drug-likeness (QED) is 0.609. The number of nitrogen functional groups attached to an aromatic ring is 1. The molecule has 0 radical (unpaired) electrons. The number of benzene rings is 1. The molecular weight excluding hydrogens is 204 g/mol. The third-order valence-electron chi connectivity index (χ3n) is 2.85. The van der Waals surface area contributed by atoms with Crippen molar-refractivity contribution in [3.05, 3.63) is 23.8 Å². The number of hydrogen-bond donors (Lipinski definition) is 2. The standard InChI is InChI=1S/C12H18N2S/c1-9-7-11(4-5-12(9)13)15-8-10-3-2-6-14-10/h4-5,7,10,14H,2-3,6,8,13H2,1H3/t10-/m1/s1. The van der Waals surface area contributed by atoms with Crippen LogP contribution in [0.2, 0.25) is 0 Å². The molecule has 1 aromatic carbocycles. The number of aryl methyl sites for hydroxylation is 1. The van der Waals surface area contributed by atoms with Crippen molar-refractivity contribution in [2.24, 2.45) is 0 Å². The minimum atomic E-state index is 0.702. The lowest BCUT2D eigenvalue weighted by Crippen LogP contribution is -2.23. The molecule has 15 heavy (non-hydrogen) atoms. The zero-order valence-corrected chi connectivity index (χ0v) is 9.94. The second kappa shape index (κ2) is 4.90. The van der Waals surface area contributed by atoms with Crippen molar-refractivity contribution in [1.82, 2.24) is 5.32 Å². The molecule has 0 unspecified atom stereocenters. The minimum Gasteiger partial charge on any atom is -0.399 e. The second-order valence-electron chi connectivity index (χ2n) is 4.12. The Balaban J connectivity index is 1.90.